The van der Waals surface area contributed by atoms with Crippen molar-refractivity contribution in [3.05, 3.63) is 50.9 Å². The summed E-state index contributed by atoms with van der Waals surface area (Å²) in [5, 5.41) is 1.03. The molecule has 0 saturated heterocycles. The first kappa shape index (κ1) is 14.5. The van der Waals surface area contributed by atoms with Crippen LogP contribution < -0.4 is 4.74 Å². The number of nitrogens with zero attached hydrogens (tertiary/aromatic N) is 2. The van der Waals surface area contributed by atoms with E-state index in [9.17, 15) is 4.39 Å². The largest absolute Gasteiger partial charge is 0.496 e. The van der Waals surface area contributed by atoms with Gasteiger partial charge in [0.2, 0.25) is 0 Å². The van der Waals surface area contributed by atoms with Gasteiger partial charge < -0.3 is 4.74 Å². The number of rotatable bonds is 2. The molecule has 6 heteroatoms. The van der Waals surface area contributed by atoms with Crippen molar-refractivity contribution in [1.29, 1.82) is 0 Å². The molecule has 0 N–H and O–H groups in total. The molecular formula is C15H9ClFIN2O. The van der Waals surface area contributed by atoms with Crippen LogP contribution in [-0.4, -0.2) is 17.1 Å². The molecule has 0 aliphatic rings. The van der Waals surface area contributed by atoms with Gasteiger partial charge in [-0.15, -0.1) is 0 Å². The summed E-state index contributed by atoms with van der Waals surface area (Å²) in [5.41, 5.74) is 0.873. The van der Waals surface area contributed by atoms with E-state index in [1.54, 1.807) is 12.1 Å². The van der Waals surface area contributed by atoms with Crippen molar-refractivity contribution in [3.8, 4) is 17.1 Å². The van der Waals surface area contributed by atoms with Gasteiger partial charge in [0.15, 0.2) is 5.82 Å². The first-order valence-electron chi connectivity index (χ1n) is 6.06. The molecule has 3 nitrogen and oxygen atoms in total. The molecule has 2 aromatic carbocycles. The number of halogens is 3. The van der Waals surface area contributed by atoms with Gasteiger partial charge in [-0.1, -0.05) is 17.7 Å². The van der Waals surface area contributed by atoms with Crippen molar-refractivity contribution in [2.75, 3.05) is 7.11 Å². The van der Waals surface area contributed by atoms with Crippen LogP contribution in [0.3, 0.4) is 0 Å². The first-order valence-corrected chi connectivity index (χ1v) is 7.51. The third-order valence-corrected chi connectivity index (χ3v) is 3.99. The standard InChI is InChI=1S/C15H9ClFIN2O/c1-21-12-4-2-3-10(17)13(12)15-19-11-6-5-8(18)7-9(11)14(16)20-15/h2-7H,1H3. The molecule has 0 bridgehead atoms. The van der Waals surface area contributed by atoms with Crippen LogP contribution in [0.15, 0.2) is 36.4 Å². The fraction of sp³-hybridized carbons (Fsp3) is 0.0667. The van der Waals surface area contributed by atoms with E-state index in [2.05, 4.69) is 32.6 Å². The lowest BCUT2D eigenvalue weighted by Gasteiger charge is -2.10. The van der Waals surface area contributed by atoms with Crippen molar-refractivity contribution in [1.82, 2.24) is 9.97 Å². The molecule has 0 atom stereocenters. The highest BCUT2D eigenvalue weighted by Gasteiger charge is 2.16. The number of methoxy groups -OCH3 is 1. The van der Waals surface area contributed by atoms with Crippen molar-refractivity contribution in [3.63, 3.8) is 0 Å². The zero-order valence-corrected chi connectivity index (χ0v) is 13.8. The van der Waals surface area contributed by atoms with Gasteiger partial charge in [-0.05, 0) is 52.9 Å². The molecule has 0 aliphatic heterocycles. The van der Waals surface area contributed by atoms with Gasteiger partial charge in [-0.3, -0.25) is 0 Å². The lowest BCUT2D eigenvalue weighted by atomic mass is 10.1. The topological polar surface area (TPSA) is 35.0 Å². The average Bonchev–Trinajstić information content (AvgIpc) is 2.47. The van der Waals surface area contributed by atoms with E-state index >= 15 is 0 Å². The van der Waals surface area contributed by atoms with Crippen LogP contribution in [0.2, 0.25) is 5.15 Å². The number of hydrogen-bond donors (Lipinski definition) is 0. The molecule has 0 spiro atoms. The minimum Gasteiger partial charge on any atom is -0.496 e. The summed E-state index contributed by atoms with van der Waals surface area (Å²) in [4.78, 5) is 8.61. The zero-order valence-electron chi connectivity index (χ0n) is 10.9. The summed E-state index contributed by atoms with van der Waals surface area (Å²) in [6.07, 6.45) is 0. The predicted octanol–water partition coefficient (Wildman–Crippen LogP) is 4.70. The van der Waals surface area contributed by atoms with Crippen LogP contribution in [0.1, 0.15) is 0 Å². The molecule has 3 aromatic rings. The maximum Gasteiger partial charge on any atom is 0.168 e. The van der Waals surface area contributed by atoms with Crippen molar-refractivity contribution in [2.45, 2.75) is 0 Å². The smallest absolute Gasteiger partial charge is 0.168 e. The number of fused-ring (bicyclic) bond motifs is 1. The second kappa shape index (κ2) is 5.73. The van der Waals surface area contributed by atoms with Gasteiger partial charge in [0.05, 0.1) is 18.2 Å². The monoisotopic (exact) mass is 414 g/mol. The highest BCUT2D eigenvalue weighted by atomic mass is 127. The molecule has 0 unspecified atom stereocenters. The van der Waals surface area contributed by atoms with Crippen LogP contribution in [0.4, 0.5) is 4.39 Å². The Hall–Kier alpha value is -1.47. The molecule has 0 radical (unpaired) electrons. The Morgan fingerprint density at radius 2 is 2.00 bits per heavy atom. The van der Waals surface area contributed by atoms with Crippen LogP contribution in [0.25, 0.3) is 22.3 Å². The Kier molecular flexibility index (Phi) is 3.95. The number of aromatic nitrogens is 2. The maximum atomic E-state index is 14.1. The number of benzene rings is 2. The predicted molar refractivity (Wildman–Crippen MR) is 89.2 cm³/mol. The van der Waals surface area contributed by atoms with Crippen LogP contribution in [0.5, 0.6) is 5.75 Å². The van der Waals surface area contributed by atoms with Gasteiger partial charge in [0.25, 0.3) is 0 Å². The van der Waals surface area contributed by atoms with Crippen molar-refractivity contribution in [2.24, 2.45) is 0 Å². The minimum atomic E-state index is -0.449. The number of ether oxygens (including phenoxy) is 1. The third kappa shape index (κ3) is 2.67. The van der Waals surface area contributed by atoms with E-state index < -0.39 is 5.82 Å². The third-order valence-electron chi connectivity index (χ3n) is 3.03. The summed E-state index contributed by atoms with van der Waals surface area (Å²) < 4.78 is 20.3. The molecule has 0 saturated carbocycles. The summed E-state index contributed by atoms with van der Waals surface area (Å²) in [6.45, 7) is 0. The van der Waals surface area contributed by atoms with Gasteiger partial charge in [-0.2, -0.15) is 0 Å². The summed E-state index contributed by atoms with van der Waals surface area (Å²) in [6, 6.07) is 10.2. The maximum absolute atomic E-state index is 14.1. The van der Waals surface area contributed by atoms with Crippen molar-refractivity contribution < 1.29 is 9.13 Å². The Labute approximate surface area is 139 Å². The van der Waals surface area contributed by atoms with E-state index in [-0.39, 0.29) is 11.4 Å². The fourth-order valence-corrected chi connectivity index (χ4v) is 2.79. The molecule has 1 aromatic heterocycles. The van der Waals surface area contributed by atoms with E-state index in [0.717, 1.165) is 8.96 Å². The molecule has 106 valence electrons. The van der Waals surface area contributed by atoms with E-state index in [1.807, 2.05) is 18.2 Å². The number of hydrogen-bond acceptors (Lipinski definition) is 3. The molecule has 3 rings (SSSR count). The van der Waals surface area contributed by atoms with Crippen LogP contribution in [0, 0.1) is 9.39 Å². The average molecular weight is 415 g/mol. The molecule has 0 amide bonds. The quantitative estimate of drug-likeness (QED) is 0.450. The second-order valence-electron chi connectivity index (χ2n) is 4.32. The minimum absolute atomic E-state index is 0.211. The van der Waals surface area contributed by atoms with Crippen molar-refractivity contribution >= 4 is 45.1 Å². The Morgan fingerprint density at radius 1 is 1.19 bits per heavy atom. The molecule has 0 aliphatic carbocycles. The molecule has 1 heterocycles. The lowest BCUT2D eigenvalue weighted by Crippen LogP contribution is -1.97. The van der Waals surface area contributed by atoms with Gasteiger partial charge in [0.1, 0.15) is 16.7 Å². The Morgan fingerprint density at radius 3 is 2.76 bits per heavy atom. The Balaban J connectivity index is 2.29. The fourth-order valence-electron chi connectivity index (χ4n) is 2.07. The van der Waals surface area contributed by atoms with Crippen LogP contribution in [-0.2, 0) is 0 Å². The second-order valence-corrected chi connectivity index (χ2v) is 5.92. The van der Waals surface area contributed by atoms with Gasteiger partial charge in [0, 0.05) is 8.96 Å². The first-order chi connectivity index (χ1) is 10.1. The normalized spacial score (nSPS) is 10.9. The Bertz CT molecular complexity index is 841. The van der Waals surface area contributed by atoms with Gasteiger partial charge >= 0.3 is 0 Å². The van der Waals surface area contributed by atoms with E-state index in [0.29, 0.717) is 16.4 Å². The summed E-state index contributed by atoms with van der Waals surface area (Å²) in [5.74, 6) is 0.134. The lowest BCUT2D eigenvalue weighted by molar-refractivity contribution is 0.413. The summed E-state index contributed by atoms with van der Waals surface area (Å²) in [7, 11) is 1.48. The highest BCUT2D eigenvalue weighted by Crippen LogP contribution is 2.33. The SMILES string of the molecule is COc1cccc(F)c1-c1nc(Cl)c2cc(I)ccc2n1. The summed E-state index contributed by atoms with van der Waals surface area (Å²) >= 11 is 8.40. The van der Waals surface area contributed by atoms with E-state index in [4.69, 9.17) is 16.3 Å². The zero-order chi connectivity index (χ0) is 15.0. The van der Waals surface area contributed by atoms with Crippen LogP contribution >= 0.6 is 34.2 Å². The molecular weight excluding hydrogens is 406 g/mol. The highest BCUT2D eigenvalue weighted by molar-refractivity contribution is 14.1. The van der Waals surface area contributed by atoms with Gasteiger partial charge in [-0.25, -0.2) is 14.4 Å². The van der Waals surface area contributed by atoms with E-state index in [1.165, 1.54) is 13.2 Å². The molecule has 21 heavy (non-hydrogen) atoms. The molecule has 0 fully saturated rings.